The normalized spacial score (nSPS) is 10.8. The Labute approximate surface area is 135 Å². The lowest BCUT2D eigenvalue weighted by Crippen LogP contribution is -2.10. The third-order valence-corrected chi connectivity index (χ3v) is 3.32. The monoisotopic (exact) mass is 321 g/mol. The highest BCUT2D eigenvalue weighted by Crippen LogP contribution is 2.30. The topological polar surface area (TPSA) is 67.0 Å². The quantitative estimate of drug-likeness (QED) is 0.644. The van der Waals surface area contributed by atoms with E-state index in [1.165, 1.54) is 0 Å². The first kappa shape index (κ1) is 16.4. The van der Waals surface area contributed by atoms with Gasteiger partial charge < -0.3 is 15.0 Å². The van der Waals surface area contributed by atoms with Crippen molar-refractivity contribution in [1.29, 1.82) is 0 Å². The average Bonchev–Trinajstić information content (AvgIpc) is 2.80. The lowest BCUT2D eigenvalue weighted by atomic mass is 10.1. The molecule has 22 heavy (non-hydrogen) atoms. The van der Waals surface area contributed by atoms with Crippen molar-refractivity contribution in [2.45, 2.75) is 33.7 Å². The molecule has 0 aromatic carbocycles. The van der Waals surface area contributed by atoms with Gasteiger partial charge in [-0.1, -0.05) is 11.6 Å². The van der Waals surface area contributed by atoms with Crippen LogP contribution in [0.15, 0.2) is 18.3 Å². The zero-order valence-electron chi connectivity index (χ0n) is 13.2. The van der Waals surface area contributed by atoms with E-state index in [1.807, 2.05) is 20.8 Å². The summed E-state index contributed by atoms with van der Waals surface area (Å²) in [5.74, 6) is -0.331. The number of pyridine rings is 1. The zero-order chi connectivity index (χ0) is 16.3. The molecule has 2 rings (SSSR count). The van der Waals surface area contributed by atoms with E-state index in [2.05, 4.69) is 15.3 Å². The van der Waals surface area contributed by atoms with Crippen LogP contribution in [0.4, 0.5) is 5.69 Å². The van der Waals surface area contributed by atoms with Crippen molar-refractivity contribution in [2.24, 2.45) is 0 Å². The predicted octanol–water partition coefficient (Wildman–Crippen LogP) is 4.04. The third kappa shape index (κ3) is 3.60. The number of rotatable bonds is 5. The molecular weight excluding hydrogens is 302 g/mol. The summed E-state index contributed by atoms with van der Waals surface area (Å²) in [6.07, 6.45) is 1.69. The molecule has 0 atom stereocenters. The number of carbonyl (C=O) groups excluding carboxylic acids is 1. The second-order valence-electron chi connectivity index (χ2n) is 5.29. The van der Waals surface area contributed by atoms with Crippen LogP contribution in [0.25, 0.3) is 11.3 Å². The number of H-pyrrole nitrogens is 1. The molecule has 0 aliphatic heterocycles. The van der Waals surface area contributed by atoms with Crippen molar-refractivity contribution < 1.29 is 9.53 Å². The van der Waals surface area contributed by atoms with Crippen molar-refractivity contribution in [3.8, 4) is 11.3 Å². The van der Waals surface area contributed by atoms with Gasteiger partial charge in [-0.05, 0) is 39.8 Å². The van der Waals surface area contributed by atoms with E-state index in [1.54, 1.807) is 25.3 Å². The summed E-state index contributed by atoms with van der Waals surface area (Å²) in [7, 11) is 0. The molecule has 2 aromatic heterocycles. The number of hydrogen-bond donors (Lipinski definition) is 2. The first-order chi connectivity index (χ1) is 10.4. The summed E-state index contributed by atoms with van der Waals surface area (Å²) in [4.78, 5) is 19.3. The molecule has 0 saturated heterocycles. The van der Waals surface area contributed by atoms with E-state index < -0.39 is 0 Å². The number of halogens is 1. The van der Waals surface area contributed by atoms with Crippen LogP contribution in [0, 0.1) is 6.92 Å². The van der Waals surface area contributed by atoms with E-state index in [4.69, 9.17) is 16.3 Å². The van der Waals surface area contributed by atoms with Gasteiger partial charge in [0.2, 0.25) is 0 Å². The van der Waals surface area contributed by atoms with Gasteiger partial charge in [0.1, 0.15) is 5.15 Å². The van der Waals surface area contributed by atoms with Crippen LogP contribution in [0.3, 0.4) is 0 Å². The number of esters is 1. The Morgan fingerprint density at radius 2 is 2.18 bits per heavy atom. The van der Waals surface area contributed by atoms with Gasteiger partial charge in [-0.15, -0.1) is 0 Å². The number of nitrogens with zero attached hydrogens (tertiary/aromatic N) is 1. The minimum absolute atomic E-state index is 0.248. The summed E-state index contributed by atoms with van der Waals surface area (Å²) >= 11 is 5.98. The standard InChI is InChI=1S/C16H20ClN3O2/c1-5-22-16(21)11-6-13(20-10(11)4)12-8-18-15(17)7-14(12)19-9(2)3/h6-9,20H,5H2,1-4H3,(H,18,19). The Morgan fingerprint density at radius 3 is 2.82 bits per heavy atom. The molecular formula is C16H20ClN3O2. The molecule has 5 nitrogen and oxygen atoms in total. The van der Waals surface area contributed by atoms with Crippen LogP contribution < -0.4 is 5.32 Å². The Kier molecular flexibility index (Phi) is 5.08. The summed E-state index contributed by atoms with van der Waals surface area (Å²) < 4.78 is 5.06. The number of aromatic amines is 1. The van der Waals surface area contributed by atoms with E-state index in [0.717, 1.165) is 22.6 Å². The maximum Gasteiger partial charge on any atom is 0.339 e. The second-order valence-corrected chi connectivity index (χ2v) is 5.68. The molecule has 0 spiro atoms. The Balaban J connectivity index is 2.44. The SMILES string of the molecule is CCOC(=O)c1cc(-c2cnc(Cl)cc2NC(C)C)[nH]c1C. The van der Waals surface area contributed by atoms with E-state index in [-0.39, 0.29) is 12.0 Å². The molecule has 0 fully saturated rings. The van der Waals surface area contributed by atoms with Crippen molar-refractivity contribution in [3.63, 3.8) is 0 Å². The van der Waals surface area contributed by atoms with Gasteiger partial charge in [0, 0.05) is 29.2 Å². The van der Waals surface area contributed by atoms with Crippen molar-refractivity contribution in [1.82, 2.24) is 9.97 Å². The number of ether oxygens (including phenoxy) is 1. The number of aryl methyl sites for hydroxylation is 1. The molecule has 2 heterocycles. The molecule has 0 aliphatic carbocycles. The van der Waals surface area contributed by atoms with Gasteiger partial charge in [-0.2, -0.15) is 0 Å². The molecule has 0 saturated carbocycles. The van der Waals surface area contributed by atoms with Crippen molar-refractivity contribution >= 4 is 23.3 Å². The maximum absolute atomic E-state index is 11.9. The fourth-order valence-electron chi connectivity index (χ4n) is 2.20. The molecule has 2 aromatic rings. The lowest BCUT2D eigenvalue weighted by Gasteiger charge is -2.14. The number of aromatic nitrogens is 2. The largest absolute Gasteiger partial charge is 0.462 e. The van der Waals surface area contributed by atoms with Gasteiger partial charge in [0.25, 0.3) is 0 Å². The summed E-state index contributed by atoms with van der Waals surface area (Å²) in [6.45, 7) is 8.06. The van der Waals surface area contributed by atoms with Crippen LogP contribution in [-0.4, -0.2) is 28.6 Å². The fourth-order valence-corrected chi connectivity index (χ4v) is 2.36. The summed E-state index contributed by atoms with van der Waals surface area (Å²) in [5.41, 5.74) is 3.82. The molecule has 0 aliphatic rings. The van der Waals surface area contributed by atoms with Crippen molar-refractivity contribution in [2.75, 3.05) is 11.9 Å². The smallest absolute Gasteiger partial charge is 0.339 e. The van der Waals surface area contributed by atoms with Crippen LogP contribution in [-0.2, 0) is 4.74 Å². The highest BCUT2D eigenvalue weighted by molar-refractivity contribution is 6.29. The predicted molar refractivity (Wildman–Crippen MR) is 88.5 cm³/mol. The first-order valence-electron chi connectivity index (χ1n) is 7.21. The van der Waals surface area contributed by atoms with Gasteiger partial charge in [0.05, 0.1) is 17.9 Å². The average molecular weight is 322 g/mol. The number of hydrogen-bond acceptors (Lipinski definition) is 4. The number of nitrogens with one attached hydrogen (secondary N) is 2. The van der Waals surface area contributed by atoms with Gasteiger partial charge in [-0.3, -0.25) is 0 Å². The molecule has 0 radical (unpaired) electrons. The fraction of sp³-hybridized carbons (Fsp3) is 0.375. The van der Waals surface area contributed by atoms with Crippen LogP contribution in [0.1, 0.15) is 36.8 Å². The maximum atomic E-state index is 11.9. The molecule has 6 heteroatoms. The second kappa shape index (κ2) is 6.83. The highest BCUT2D eigenvalue weighted by Gasteiger charge is 2.17. The molecule has 0 unspecified atom stereocenters. The summed E-state index contributed by atoms with van der Waals surface area (Å²) in [6, 6.07) is 3.80. The van der Waals surface area contributed by atoms with Crippen molar-refractivity contribution in [3.05, 3.63) is 34.7 Å². The Morgan fingerprint density at radius 1 is 1.45 bits per heavy atom. The third-order valence-electron chi connectivity index (χ3n) is 3.12. The first-order valence-corrected chi connectivity index (χ1v) is 7.59. The number of carbonyl (C=O) groups is 1. The van der Waals surface area contributed by atoms with Gasteiger partial charge in [0.15, 0.2) is 0 Å². The van der Waals surface area contributed by atoms with Crippen LogP contribution in [0.5, 0.6) is 0 Å². The molecule has 118 valence electrons. The Hall–Kier alpha value is -2.01. The Bertz CT molecular complexity index is 680. The minimum atomic E-state index is -0.331. The summed E-state index contributed by atoms with van der Waals surface area (Å²) in [5, 5.41) is 3.75. The molecule has 0 bridgehead atoms. The number of anilines is 1. The minimum Gasteiger partial charge on any atom is -0.462 e. The van der Waals surface area contributed by atoms with Crippen LogP contribution >= 0.6 is 11.6 Å². The molecule has 2 N–H and O–H groups in total. The highest BCUT2D eigenvalue weighted by atomic mass is 35.5. The van der Waals surface area contributed by atoms with Crippen LogP contribution in [0.2, 0.25) is 5.15 Å². The van der Waals surface area contributed by atoms with E-state index in [9.17, 15) is 4.79 Å². The van der Waals surface area contributed by atoms with E-state index in [0.29, 0.717) is 17.3 Å². The molecule has 0 amide bonds. The lowest BCUT2D eigenvalue weighted by molar-refractivity contribution is 0.0526. The van der Waals surface area contributed by atoms with Gasteiger partial charge >= 0.3 is 5.97 Å². The zero-order valence-corrected chi connectivity index (χ0v) is 13.9. The van der Waals surface area contributed by atoms with E-state index >= 15 is 0 Å². The van der Waals surface area contributed by atoms with Gasteiger partial charge in [-0.25, -0.2) is 9.78 Å².